The van der Waals surface area contributed by atoms with Gasteiger partial charge in [0.2, 0.25) is 5.91 Å². The van der Waals surface area contributed by atoms with Crippen LogP contribution in [0.2, 0.25) is 0 Å². The highest BCUT2D eigenvalue weighted by atomic mass is 32.2. The number of anilines is 1. The summed E-state index contributed by atoms with van der Waals surface area (Å²) < 4.78 is 0. The summed E-state index contributed by atoms with van der Waals surface area (Å²) in [5, 5.41) is 25.5. The Morgan fingerprint density at radius 3 is 2.96 bits per heavy atom. The average Bonchev–Trinajstić information content (AvgIpc) is 3.25. The van der Waals surface area contributed by atoms with Crippen molar-refractivity contribution in [1.29, 1.82) is 0 Å². The molecule has 2 fully saturated rings. The maximum absolute atomic E-state index is 12.2. The first-order valence-electron chi connectivity index (χ1n) is 8.45. The van der Waals surface area contributed by atoms with Gasteiger partial charge in [0, 0.05) is 28.5 Å². The number of thioether (sulfide) groups is 1. The maximum Gasteiger partial charge on any atom is 0.353 e. The van der Waals surface area contributed by atoms with Gasteiger partial charge in [-0.05, 0) is 13.3 Å². The minimum absolute atomic E-state index is 0.0863. The van der Waals surface area contributed by atoms with Crippen molar-refractivity contribution in [2.75, 3.05) is 12.3 Å². The van der Waals surface area contributed by atoms with E-state index in [0.717, 1.165) is 23.6 Å². The fourth-order valence-corrected chi connectivity index (χ4v) is 6.07. The molecule has 0 bridgehead atoms. The summed E-state index contributed by atoms with van der Waals surface area (Å²) in [6.45, 7) is 2.32. The van der Waals surface area contributed by atoms with Crippen LogP contribution in [0.3, 0.4) is 0 Å². The number of hydrogen-bond acceptors (Lipinski definition) is 8. The predicted octanol–water partition coefficient (Wildman–Crippen LogP) is 0.769. The van der Waals surface area contributed by atoms with E-state index < -0.39 is 18.0 Å². The first kappa shape index (κ1) is 17.8. The van der Waals surface area contributed by atoms with E-state index in [9.17, 15) is 19.8 Å². The van der Waals surface area contributed by atoms with Crippen LogP contribution in [0.4, 0.5) is 5.13 Å². The molecule has 0 saturated carbocycles. The van der Waals surface area contributed by atoms with Crippen LogP contribution in [0.5, 0.6) is 0 Å². The minimum atomic E-state index is -1.08. The summed E-state index contributed by atoms with van der Waals surface area (Å²) in [7, 11) is 0. The van der Waals surface area contributed by atoms with E-state index in [1.54, 1.807) is 6.92 Å². The number of nitrogens with zero attached hydrogens (tertiary/aromatic N) is 2. The number of amides is 1. The van der Waals surface area contributed by atoms with Gasteiger partial charge in [0.1, 0.15) is 5.70 Å². The van der Waals surface area contributed by atoms with Gasteiger partial charge in [-0.2, -0.15) is 0 Å². The number of nitrogens with two attached hydrogens (primary N) is 1. The second-order valence-corrected chi connectivity index (χ2v) is 9.15. The summed E-state index contributed by atoms with van der Waals surface area (Å²) in [5.74, 6) is -1.88. The topological polar surface area (TPSA) is 129 Å². The van der Waals surface area contributed by atoms with Crippen LogP contribution in [0.1, 0.15) is 31.5 Å². The van der Waals surface area contributed by atoms with E-state index in [2.05, 4.69) is 10.3 Å². The Balaban J connectivity index is 1.48. The molecule has 4 rings (SSSR count). The Kier molecular flexibility index (Phi) is 4.46. The Hall–Kier alpha value is -1.62. The number of aliphatic carboxylic acids is 1. The van der Waals surface area contributed by atoms with E-state index in [-0.39, 0.29) is 28.9 Å². The number of nitrogen functional groups attached to an aromatic ring is 1. The standard InChI is InChI=1S/C16H20N4O4S2/c1-6(21)12-10-3-11(13(15(23)24)20(10)14(12)22)26-7-2-8(18-4-7)9-5-25-16(17)19-9/h5-8,10,12,18,21H,2-4H2,1H3,(H2,17,19)(H,23,24)/t6-,7?,8?,10-,12-/m1/s1. The first-order chi connectivity index (χ1) is 12.4. The highest BCUT2D eigenvalue weighted by Crippen LogP contribution is 2.49. The molecule has 4 heterocycles. The summed E-state index contributed by atoms with van der Waals surface area (Å²) >= 11 is 2.93. The fraction of sp³-hybridized carbons (Fsp3) is 0.562. The van der Waals surface area contributed by atoms with E-state index in [4.69, 9.17) is 5.73 Å². The van der Waals surface area contributed by atoms with Gasteiger partial charge < -0.3 is 26.2 Å². The van der Waals surface area contributed by atoms with E-state index >= 15 is 0 Å². The second-order valence-electron chi connectivity index (χ2n) is 6.87. The van der Waals surface area contributed by atoms with Crippen LogP contribution in [0.15, 0.2) is 16.0 Å². The number of hydrogen-bond donors (Lipinski definition) is 4. The van der Waals surface area contributed by atoms with Gasteiger partial charge in [0.15, 0.2) is 5.13 Å². The zero-order chi connectivity index (χ0) is 18.6. The van der Waals surface area contributed by atoms with Crippen molar-refractivity contribution in [3.05, 3.63) is 21.7 Å². The summed E-state index contributed by atoms with van der Waals surface area (Å²) in [5.41, 5.74) is 6.70. The number of thiazole rings is 1. The molecule has 10 heteroatoms. The van der Waals surface area contributed by atoms with Crippen LogP contribution in [-0.2, 0) is 9.59 Å². The number of β-lactam (4-membered cyclic amide) rings is 1. The second kappa shape index (κ2) is 6.52. The molecule has 0 aliphatic carbocycles. The maximum atomic E-state index is 12.2. The number of aliphatic hydroxyl groups excluding tert-OH is 1. The average molecular weight is 396 g/mol. The number of carbonyl (C=O) groups is 2. The first-order valence-corrected chi connectivity index (χ1v) is 10.2. The third-order valence-electron chi connectivity index (χ3n) is 5.19. The summed E-state index contributed by atoms with van der Waals surface area (Å²) in [6, 6.07) is -0.125. The molecule has 1 amide bonds. The molecule has 140 valence electrons. The molecule has 26 heavy (non-hydrogen) atoms. The molecule has 5 N–H and O–H groups in total. The molecule has 0 spiro atoms. The highest BCUT2D eigenvalue weighted by molar-refractivity contribution is 8.03. The van der Waals surface area contributed by atoms with Gasteiger partial charge in [-0.25, -0.2) is 9.78 Å². The van der Waals surface area contributed by atoms with Gasteiger partial charge in [0.05, 0.1) is 29.8 Å². The van der Waals surface area contributed by atoms with Crippen molar-refractivity contribution in [3.63, 3.8) is 0 Å². The molecule has 1 aromatic heterocycles. The van der Waals surface area contributed by atoms with Crippen LogP contribution in [0, 0.1) is 5.92 Å². The lowest BCUT2D eigenvalue weighted by Crippen LogP contribution is -2.61. The Labute approximate surface area is 158 Å². The minimum Gasteiger partial charge on any atom is -0.477 e. The van der Waals surface area contributed by atoms with Crippen LogP contribution in [-0.4, -0.2) is 55.9 Å². The number of aromatic nitrogens is 1. The van der Waals surface area contributed by atoms with Gasteiger partial charge in [-0.15, -0.1) is 23.1 Å². The lowest BCUT2D eigenvalue weighted by atomic mass is 9.83. The van der Waals surface area contributed by atoms with Crippen molar-refractivity contribution in [3.8, 4) is 0 Å². The number of nitrogens with one attached hydrogen (secondary N) is 1. The predicted molar refractivity (Wildman–Crippen MR) is 98.3 cm³/mol. The highest BCUT2D eigenvalue weighted by Gasteiger charge is 2.57. The zero-order valence-electron chi connectivity index (χ0n) is 14.1. The van der Waals surface area contributed by atoms with Crippen molar-refractivity contribution >= 4 is 40.1 Å². The van der Waals surface area contributed by atoms with Crippen LogP contribution in [0.25, 0.3) is 0 Å². The zero-order valence-corrected chi connectivity index (χ0v) is 15.7. The molecule has 3 aliphatic heterocycles. The molecular weight excluding hydrogens is 376 g/mol. The molecule has 2 unspecified atom stereocenters. The Morgan fingerprint density at radius 1 is 1.58 bits per heavy atom. The number of aliphatic hydroxyl groups is 1. The number of rotatable bonds is 5. The quantitative estimate of drug-likeness (QED) is 0.537. The van der Waals surface area contributed by atoms with Gasteiger partial charge in [0.25, 0.3) is 0 Å². The normalized spacial score (nSPS) is 31.9. The van der Waals surface area contributed by atoms with Crippen LogP contribution < -0.4 is 11.1 Å². The molecular formula is C16H20N4O4S2. The largest absolute Gasteiger partial charge is 0.477 e. The number of carboxylic acids is 1. The van der Waals surface area contributed by atoms with Crippen molar-refractivity contribution in [1.82, 2.24) is 15.2 Å². The monoisotopic (exact) mass is 396 g/mol. The van der Waals surface area contributed by atoms with Gasteiger partial charge in [-0.3, -0.25) is 4.79 Å². The van der Waals surface area contributed by atoms with Gasteiger partial charge in [-0.1, -0.05) is 0 Å². The van der Waals surface area contributed by atoms with Crippen molar-refractivity contribution < 1.29 is 19.8 Å². The van der Waals surface area contributed by atoms with Crippen molar-refractivity contribution in [2.45, 2.75) is 43.2 Å². The van der Waals surface area contributed by atoms with Gasteiger partial charge >= 0.3 is 5.97 Å². The van der Waals surface area contributed by atoms with Crippen molar-refractivity contribution in [2.24, 2.45) is 5.92 Å². The third-order valence-corrected chi connectivity index (χ3v) is 7.22. The summed E-state index contributed by atoms with van der Waals surface area (Å²) in [4.78, 5) is 30.4. The molecule has 3 aliphatic rings. The molecule has 5 atom stereocenters. The number of carbonyl (C=O) groups excluding carboxylic acids is 1. The number of carboxylic acid groups (broad SMARTS) is 1. The molecule has 8 nitrogen and oxygen atoms in total. The number of fused-ring (bicyclic) bond motifs is 1. The molecule has 0 aromatic carbocycles. The van der Waals surface area contributed by atoms with E-state index in [1.165, 1.54) is 28.0 Å². The smallest absolute Gasteiger partial charge is 0.353 e. The molecule has 0 radical (unpaired) electrons. The van der Waals surface area contributed by atoms with E-state index in [0.29, 0.717) is 11.6 Å². The Bertz CT molecular complexity index is 793. The lowest BCUT2D eigenvalue weighted by molar-refractivity contribution is -0.161. The Morgan fingerprint density at radius 2 is 2.35 bits per heavy atom. The SMILES string of the molecule is C[C@@H](O)[C@H]1C(=O)N2C(C(=O)O)=C(SC3CNC(c4csc(N)n4)C3)C[C@H]12. The van der Waals surface area contributed by atoms with E-state index in [1.807, 2.05) is 5.38 Å². The molecule has 1 aromatic rings. The fourth-order valence-electron chi connectivity index (χ4n) is 4.02. The lowest BCUT2D eigenvalue weighted by Gasteiger charge is -2.44. The molecule has 2 saturated heterocycles. The summed E-state index contributed by atoms with van der Waals surface area (Å²) in [6.07, 6.45) is 0.553. The van der Waals surface area contributed by atoms with Crippen LogP contribution >= 0.6 is 23.1 Å². The third kappa shape index (κ3) is 2.81.